The van der Waals surface area contributed by atoms with Gasteiger partial charge in [0.1, 0.15) is 12.3 Å². The summed E-state index contributed by atoms with van der Waals surface area (Å²) >= 11 is 5.69. The molecule has 0 radical (unpaired) electrons. The fourth-order valence-corrected chi connectivity index (χ4v) is 3.55. The van der Waals surface area contributed by atoms with E-state index >= 15 is 0 Å². The average Bonchev–Trinajstić information content (AvgIpc) is 2.99. The largest absolute Gasteiger partial charge is 0.497 e. The van der Waals surface area contributed by atoms with E-state index in [1.165, 1.54) is 16.0 Å². The molecule has 1 atom stereocenters. The molecule has 0 aliphatic carbocycles. The minimum Gasteiger partial charge on any atom is -0.497 e. The summed E-state index contributed by atoms with van der Waals surface area (Å²) in [4.78, 5) is 1.34. The molecule has 0 aliphatic heterocycles. The molecule has 1 aromatic heterocycles. The summed E-state index contributed by atoms with van der Waals surface area (Å²) in [5, 5.41) is 4.82. The Hall–Kier alpha value is -2.44. The molecule has 6 heteroatoms. The van der Waals surface area contributed by atoms with Crippen LogP contribution in [0.1, 0.15) is 18.1 Å². The minimum absolute atomic E-state index is 0.726. The van der Waals surface area contributed by atoms with E-state index in [0.717, 1.165) is 41.7 Å². The number of hydrogen-bond donors (Lipinski definition) is 1. The highest BCUT2D eigenvalue weighted by Gasteiger charge is 2.15. The number of aromatic nitrogens is 3. The Morgan fingerprint density at radius 1 is 1.11 bits per heavy atom. The Kier molecular flexibility index (Phi) is 6.08. The van der Waals surface area contributed by atoms with Crippen molar-refractivity contribution in [2.75, 3.05) is 14.2 Å². The first-order chi connectivity index (χ1) is 13.0. The molecule has 0 bridgehead atoms. The molecule has 142 valence electrons. The molecular formula is C21H27N4OS+. The topological polar surface area (TPSA) is 36.4 Å². The maximum absolute atomic E-state index is 5.69. The number of nitrogens with one attached hydrogen (secondary N) is 1. The molecule has 0 spiro atoms. The van der Waals surface area contributed by atoms with Crippen LogP contribution in [0.4, 0.5) is 0 Å². The fourth-order valence-electron chi connectivity index (χ4n) is 3.23. The quantitative estimate of drug-likeness (QED) is 0.637. The first-order valence-electron chi connectivity index (χ1n) is 9.21. The van der Waals surface area contributed by atoms with Crippen molar-refractivity contribution in [2.24, 2.45) is 0 Å². The van der Waals surface area contributed by atoms with Gasteiger partial charge in [0.25, 0.3) is 0 Å². The maximum Gasteiger partial charge on any atom is 0.203 e. The number of benzene rings is 2. The van der Waals surface area contributed by atoms with Gasteiger partial charge in [-0.3, -0.25) is 0 Å². The van der Waals surface area contributed by atoms with Gasteiger partial charge in [0.15, 0.2) is 12.5 Å². The predicted molar refractivity (Wildman–Crippen MR) is 110 cm³/mol. The van der Waals surface area contributed by atoms with Crippen LogP contribution in [-0.2, 0) is 19.8 Å². The zero-order valence-electron chi connectivity index (χ0n) is 16.4. The summed E-state index contributed by atoms with van der Waals surface area (Å²) in [5.74, 6) is 1.73. The number of methoxy groups -OCH3 is 1. The van der Waals surface area contributed by atoms with Crippen LogP contribution in [0.25, 0.3) is 11.4 Å². The molecule has 3 rings (SSSR count). The van der Waals surface area contributed by atoms with Gasteiger partial charge in [0.05, 0.1) is 14.2 Å². The summed E-state index contributed by atoms with van der Waals surface area (Å²) in [6, 6.07) is 16.5. The molecule has 0 aliphatic rings. The molecule has 5 nitrogen and oxygen atoms in total. The monoisotopic (exact) mass is 383 g/mol. The SMILES string of the molecule is CCn1c(-c2ccc(OC)cc2)nn(C[NH+](C)Cc2ccccc2C)c1=S. The molecule has 1 unspecified atom stereocenters. The fraction of sp³-hybridized carbons (Fsp3) is 0.333. The molecule has 0 fully saturated rings. The third kappa shape index (κ3) is 4.28. The van der Waals surface area contributed by atoms with Crippen LogP contribution in [0.3, 0.4) is 0 Å². The second-order valence-corrected chi connectivity index (χ2v) is 7.16. The molecule has 0 saturated carbocycles. The van der Waals surface area contributed by atoms with Gasteiger partial charge in [-0.2, -0.15) is 4.68 Å². The molecule has 0 saturated heterocycles. The number of nitrogens with zero attached hydrogens (tertiary/aromatic N) is 3. The van der Waals surface area contributed by atoms with E-state index in [2.05, 4.69) is 49.7 Å². The zero-order chi connectivity index (χ0) is 19.4. The Labute approximate surface area is 165 Å². The standard InChI is InChI=1S/C21H26N4OS/c1-5-24-20(17-10-12-19(26-4)13-11-17)22-25(21(24)27)15-23(3)14-18-9-7-6-8-16(18)2/h6-13H,5,14-15H2,1-4H3/p+1. The van der Waals surface area contributed by atoms with Crippen LogP contribution in [0.15, 0.2) is 48.5 Å². The second kappa shape index (κ2) is 8.50. The maximum atomic E-state index is 5.69. The van der Waals surface area contributed by atoms with Gasteiger partial charge in [-0.25, -0.2) is 0 Å². The van der Waals surface area contributed by atoms with Crippen LogP contribution >= 0.6 is 12.2 Å². The van der Waals surface area contributed by atoms with Crippen molar-refractivity contribution < 1.29 is 9.64 Å². The van der Waals surface area contributed by atoms with Gasteiger partial charge >= 0.3 is 0 Å². The van der Waals surface area contributed by atoms with E-state index < -0.39 is 0 Å². The number of hydrogen-bond acceptors (Lipinski definition) is 3. The summed E-state index contributed by atoms with van der Waals surface area (Å²) in [6.07, 6.45) is 0. The molecular weight excluding hydrogens is 356 g/mol. The number of quaternary nitrogens is 1. The first-order valence-corrected chi connectivity index (χ1v) is 9.62. The van der Waals surface area contributed by atoms with Crippen LogP contribution in [0.2, 0.25) is 0 Å². The minimum atomic E-state index is 0.726. The molecule has 0 amide bonds. The number of ether oxygens (including phenoxy) is 1. The predicted octanol–water partition coefficient (Wildman–Crippen LogP) is 3.09. The van der Waals surface area contributed by atoms with Gasteiger partial charge in [-0.15, -0.1) is 5.10 Å². The van der Waals surface area contributed by atoms with E-state index in [0.29, 0.717) is 0 Å². The van der Waals surface area contributed by atoms with E-state index in [-0.39, 0.29) is 0 Å². The molecule has 27 heavy (non-hydrogen) atoms. The summed E-state index contributed by atoms with van der Waals surface area (Å²) in [6.45, 7) is 6.70. The van der Waals surface area contributed by atoms with Crippen LogP contribution in [0, 0.1) is 11.7 Å². The van der Waals surface area contributed by atoms with Crippen LogP contribution < -0.4 is 9.64 Å². The highest BCUT2D eigenvalue weighted by Crippen LogP contribution is 2.21. The van der Waals surface area contributed by atoms with E-state index in [1.807, 2.05) is 28.9 Å². The highest BCUT2D eigenvalue weighted by atomic mass is 32.1. The molecule has 1 heterocycles. The molecule has 1 N–H and O–H groups in total. The molecule has 3 aromatic rings. The zero-order valence-corrected chi connectivity index (χ0v) is 17.2. The van der Waals surface area contributed by atoms with E-state index in [4.69, 9.17) is 22.1 Å². The lowest BCUT2D eigenvalue weighted by Crippen LogP contribution is -3.07. The van der Waals surface area contributed by atoms with E-state index in [1.54, 1.807) is 7.11 Å². The lowest BCUT2D eigenvalue weighted by molar-refractivity contribution is -0.917. The summed E-state index contributed by atoms with van der Waals surface area (Å²) < 4.78 is 10.0. The third-order valence-corrected chi connectivity index (χ3v) is 5.19. The van der Waals surface area contributed by atoms with Gasteiger partial charge in [0.2, 0.25) is 4.77 Å². The normalized spacial score (nSPS) is 12.1. The van der Waals surface area contributed by atoms with Crippen LogP contribution in [-0.4, -0.2) is 28.5 Å². The average molecular weight is 384 g/mol. The highest BCUT2D eigenvalue weighted by molar-refractivity contribution is 7.71. The first kappa shape index (κ1) is 19.3. The Morgan fingerprint density at radius 2 is 1.81 bits per heavy atom. The van der Waals surface area contributed by atoms with Crippen molar-refractivity contribution in [2.45, 2.75) is 33.6 Å². The van der Waals surface area contributed by atoms with Crippen molar-refractivity contribution in [1.82, 2.24) is 14.3 Å². The van der Waals surface area contributed by atoms with Crippen molar-refractivity contribution in [1.29, 1.82) is 0 Å². The van der Waals surface area contributed by atoms with Crippen molar-refractivity contribution >= 4 is 12.2 Å². The Bertz CT molecular complexity index is 959. The van der Waals surface area contributed by atoms with Gasteiger partial charge in [-0.05, 0) is 55.9 Å². The number of rotatable bonds is 7. The van der Waals surface area contributed by atoms with Crippen molar-refractivity contribution in [3.05, 3.63) is 64.4 Å². The molecule has 2 aromatic carbocycles. The second-order valence-electron chi connectivity index (χ2n) is 6.80. The van der Waals surface area contributed by atoms with Crippen molar-refractivity contribution in [3.63, 3.8) is 0 Å². The smallest absolute Gasteiger partial charge is 0.203 e. The van der Waals surface area contributed by atoms with E-state index in [9.17, 15) is 0 Å². The van der Waals surface area contributed by atoms with Crippen molar-refractivity contribution in [3.8, 4) is 17.1 Å². The Morgan fingerprint density at radius 3 is 2.44 bits per heavy atom. The number of aryl methyl sites for hydroxylation is 1. The summed E-state index contributed by atoms with van der Waals surface area (Å²) in [5.41, 5.74) is 3.71. The van der Waals surface area contributed by atoms with Gasteiger partial charge < -0.3 is 14.2 Å². The lowest BCUT2D eigenvalue weighted by Gasteiger charge is -2.15. The lowest BCUT2D eigenvalue weighted by atomic mass is 10.1. The van der Waals surface area contributed by atoms with Gasteiger partial charge in [-0.1, -0.05) is 24.3 Å². The third-order valence-electron chi connectivity index (χ3n) is 4.76. The Balaban J connectivity index is 1.84. The van der Waals surface area contributed by atoms with Crippen LogP contribution in [0.5, 0.6) is 5.75 Å². The summed E-state index contributed by atoms with van der Waals surface area (Å²) in [7, 11) is 3.84. The van der Waals surface area contributed by atoms with Gasteiger partial charge in [0, 0.05) is 17.7 Å².